The summed E-state index contributed by atoms with van der Waals surface area (Å²) in [6.07, 6.45) is 1.62. The Labute approximate surface area is 111 Å². The van der Waals surface area contributed by atoms with Crippen molar-refractivity contribution in [2.75, 3.05) is 0 Å². The molecule has 0 aliphatic carbocycles. The number of hydrogen-bond donors (Lipinski definition) is 1. The van der Waals surface area contributed by atoms with E-state index in [0.717, 1.165) is 6.29 Å². The van der Waals surface area contributed by atoms with Crippen LogP contribution in [0, 0.1) is 0 Å². The van der Waals surface area contributed by atoms with Crippen molar-refractivity contribution >= 4 is 6.29 Å². The number of carbonyl (C=O) groups is 1. The molecule has 0 aromatic heterocycles. The van der Waals surface area contributed by atoms with E-state index in [1.807, 2.05) is 34.6 Å². The maximum Gasteiger partial charge on any atom is 0.120 e. The lowest BCUT2D eigenvalue weighted by molar-refractivity contribution is -0.111. The average molecular weight is 260 g/mol. The van der Waals surface area contributed by atoms with Crippen molar-refractivity contribution in [3.05, 3.63) is 0 Å². The van der Waals surface area contributed by atoms with E-state index in [0.29, 0.717) is 19.3 Å². The summed E-state index contributed by atoms with van der Waals surface area (Å²) < 4.78 is 11.3. The molecule has 0 bridgehead atoms. The van der Waals surface area contributed by atoms with Gasteiger partial charge in [-0.3, -0.25) is 0 Å². The summed E-state index contributed by atoms with van der Waals surface area (Å²) in [7, 11) is 0. The second-order valence-corrected chi connectivity index (χ2v) is 5.27. The van der Waals surface area contributed by atoms with Crippen molar-refractivity contribution in [1.82, 2.24) is 0 Å². The summed E-state index contributed by atoms with van der Waals surface area (Å²) in [6, 6.07) is 0. The van der Waals surface area contributed by atoms with Crippen LogP contribution in [0.3, 0.4) is 0 Å². The van der Waals surface area contributed by atoms with Gasteiger partial charge in [-0.05, 0) is 41.0 Å². The summed E-state index contributed by atoms with van der Waals surface area (Å²) >= 11 is 0. The molecule has 0 rings (SSSR count). The van der Waals surface area contributed by atoms with Crippen LogP contribution >= 0.6 is 0 Å². The van der Waals surface area contributed by atoms with Gasteiger partial charge < -0.3 is 19.4 Å². The van der Waals surface area contributed by atoms with Crippen molar-refractivity contribution in [3.63, 3.8) is 0 Å². The van der Waals surface area contributed by atoms with Gasteiger partial charge in [0.1, 0.15) is 6.29 Å². The highest BCUT2D eigenvalue weighted by molar-refractivity contribution is 5.49. The lowest BCUT2D eigenvalue weighted by Gasteiger charge is -2.27. The van der Waals surface area contributed by atoms with Gasteiger partial charge in [0, 0.05) is 12.8 Å². The molecular weight excluding hydrogens is 232 g/mol. The quantitative estimate of drug-likeness (QED) is 0.612. The van der Waals surface area contributed by atoms with Crippen molar-refractivity contribution < 1.29 is 19.4 Å². The first kappa shape index (κ1) is 17.6. The van der Waals surface area contributed by atoms with Gasteiger partial charge in [-0.2, -0.15) is 0 Å². The molecule has 0 fully saturated rings. The van der Waals surface area contributed by atoms with Crippen LogP contribution < -0.4 is 0 Å². The van der Waals surface area contributed by atoms with E-state index in [2.05, 4.69) is 0 Å². The monoisotopic (exact) mass is 260 g/mol. The zero-order valence-corrected chi connectivity index (χ0v) is 12.3. The SMILES string of the molecule is CC(C)OC(C)CC(O)C(CCC=O)OC(C)C. The lowest BCUT2D eigenvalue weighted by atomic mass is 10.0. The Kier molecular flexibility index (Phi) is 9.24. The van der Waals surface area contributed by atoms with Crippen molar-refractivity contribution in [1.29, 1.82) is 0 Å². The fourth-order valence-electron chi connectivity index (χ4n) is 1.95. The first-order valence-corrected chi connectivity index (χ1v) is 6.79. The molecule has 0 aliphatic rings. The van der Waals surface area contributed by atoms with Crippen molar-refractivity contribution in [3.8, 4) is 0 Å². The number of aliphatic hydroxyl groups is 1. The van der Waals surface area contributed by atoms with Crippen molar-refractivity contribution in [2.24, 2.45) is 0 Å². The molecule has 0 aliphatic heterocycles. The largest absolute Gasteiger partial charge is 0.390 e. The maximum atomic E-state index is 10.4. The Morgan fingerprint density at radius 1 is 1.06 bits per heavy atom. The van der Waals surface area contributed by atoms with E-state index < -0.39 is 6.10 Å². The van der Waals surface area contributed by atoms with E-state index in [9.17, 15) is 9.90 Å². The molecule has 0 aromatic rings. The molecule has 0 spiro atoms. The zero-order valence-electron chi connectivity index (χ0n) is 12.3. The Hall–Kier alpha value is -0.450. The van der Waals surface area contributed by atoms with E-state index in [-0.39, 0.29) is 24.4 Å². The van der Waals surface area contributed by atoms with Gasteiger partial charge in [-0.25, -0.2) is 0 Å². The third-order valence-corrected chi connectivity index (χ3v) is 2.52. The molecular formula is C14H28O4. The topological polar surface area (TPSA) is 55.8 Å². The summed E-state index contributed by atoms with van der Waals surface area (Å²) in [6.45, 7) is 9.73. The van der Waals surface area contributed by atoms with Gasteiger partial charge in [-0.1, -0.05) is 0 Å². The first-order valence-electron chi connectivity index (χ1n) is 6.79. The van der Waals surface area contributed by atoms with Crippen LogP contribution in [0.4, 0.5) is 0 Å². The third-order valence-electron chi connectivity index (χ3n) is 2.52. The summed E-state index contributed by atoms with van der Waals surface area (Å²) in [5.41, 5.74) is 0. The number of carbonyl (C=O) groups excluding carboxylic acids is 1. The van der Waals surface area contributed by atoms with Gasteiger partial charge in [0.25, 0.3) is 0 Å². The molecule has 18 heavy (non-hydrogen) atoms. The second-order valence-electron chi connectivity index (χ2n) is 5.27. The first-order chi connectivity index (χ1) is 8.36. The van der Waals surface area contributed by atoms with E-state index >= 15 is 0 Å². The predicted molar refractivity (Wildman–Crippen MR) is 71.6 cm³/mol. The van der Waals surface area contributed by atoms with Crippen LogP contribution in [0.2, 0.25) is 0 Å². The maximum absolute atomic E-state index is 10.4. The molecule has 3 unspecified atom stereocenters. The van der Waals surface area contributed by atoms with Crippen LogP contribution in [-0.2, 0) is 14.3 Å². The van der Waals surface area contributed by atoms with Gasteiger partial charge in [0.05, 0.1) is 30.5 Å². The molecule has 1 N–H and O–H groups in total. The Bertz CT molecular complexity index is 216. The molecule has 0 aromatic carbocycles. The lowest BCUT2D eigenvalue weighted by Crippen LogP contribution is -2.35. The normalized spacial score (nSPS) is 16.9. The van der Waals surface area contributed by atoms with Crippen LogP contribution in [-0.4, -0.2) is 41.9 Å². The van der Waals surface area contributed by atoms with Crippen LogP contribution in [0.15, 0.2) is 0 Å². The van der Waals surface area contributed by atoms with Gasteiger partial charge >= 0.3 is 0 Å². The Morgan fingerprint density at radius 3 is 2.06 bits per heavy atom. The Balaban J connectivity index is 4.25. The van der Waals surface area contributed by atoms with Gasteiger partial charge in [0.15, 0.2) is 0 Å². The molecule has 0 saturated heterocycles. The standard InChI is InChI=1S/C14H28O4/c1-10(2)17-12(5)9-13(16)14(7-6-8-15)18-11(3)4/h8,10-14,16H,6-7,9H2,1-5H3. The molecule has 108 valence electrons. The Morgan fingerprint density at radius 2 is 1.61 bits per heavy atom. The smallest absolute Gasteiger partial charge is 0.120 e. The fourth-order valence-corrected chi connectivity index (χ4v) is 1.95. The second kappa shape index (κ2) is 9.48. The summed E-state index contributed by atoms with van der Waals surface area (Å²) in [4.78, 5) is 10.4. The van der Waals surface area contributed by atoms with Crippen LogP contribution in [0.5, 0.6) is 0 Å². The minimum Gasteiger partial charge on any atom is -0.390 e. The summed E-state index contributed by atoms with van der Waals surface area (Å²) in [5.74, 6) is 0. The highest BCUT2D eigenvalue weighted by atomic mass is 16.5. The fraction of sp³-hybridized carbons (Fsp3) is 0.929. The molecule has 4 heteroatoms. The highest BCUT2D eigenvalue weighted by Crippen LogP contribution is 2.16. The minimum atomic E-state index is -0.596. The van der Waals surface area contributed by atoms with Gasteiger partial charge in [-0.15, -0.1) is 0 Å². The zero-order chi connectivity index (χ0) is 14.1. The van der Waals surface area contributed by atoms with E-state index in [1.165, 1.54) is 0 Å². The number of aldehydes is 1. The molecule has 0 saturated carbocycles. The highest BCUT2D eigenvalue weighted by Gasteiger charge is 2.23. The number of aliphatic hydroxyl groups excluding tert-OH is 1. The third kappa shape index (κ3) is 8.61. The number of rotatable bonds is 10. The molecule has 0 radical (unpaired) electrons. The molecule has 4 nitrogen and oxygen atoms in total. The predicted octanol–water partition coefficient (Wildman–Crippen LogP) is 2.32. The average Bonchev–Trinajstić information content (AvgIpc) is 2.22. The van der Waals surface area contributed by atoms with Gasteiger partial charge in [0.2, 0.25) is 0 Å². The minimum absolute atomic E-state index is 0.0190. The van der Waals surface area contributed by atoms with Crippen molar-refractivity contribution in [2.45, 2.75) is 84.4 Å². The molecule has 0 amide bonds. The van der Waals surface area contributed by atoms with E-state index in [1.54, 1.807) is 0 Å². The van der Waals surface area contributed by atoms with Crippen LogP contribution in [0.25, 0.3) is 0 Å². The van der Waals surface area contributed by atoms with Crippen LogP contribution in [0.1, 0.15) is 53.9 Å². The summed E-state index contributed by atoms with van der Waals surface area (Å²) in [5, 5.41) is 10.1. The van der Waals surface area contributed by atoms with E-state index in [4.69, 9.17) is 9.47 Å². The molecule has 0 heterocycles. The number of hydrogen-bond acceptors (Lipinski definition) is 4. The molecule has 3 atom stereocenters. The number of ether oxygens (including phenoxy) is 2.